The number of carbonyl (C=O) groups excluding carboxylic acids is 1. The maximum Gasteiger partial charge on any atom is 0.293 e. The van der Waals surface area contributed by atoms with E-state index in [1.807, 2.05) is 47.4 Å². The van der Waals surface area contributed by atoms with Crippen molar-refractivity contribution < 1.29 is 49.0 Å². The number of fused-ring (bicyclic) bond motifs is 1. The second-order valence-electron chi connectivity index (χ2n) is 8.41. The van der Waals surface area contributed by atoms with Crippen molar-refractivity contribution in [3.63, 3.8) is 0 Å². The number of nitrogens with one attached hydrogen (secondary N) is 1. The number of aromatic hydroxyl groups is 2. The number of hydrogen-bond acceptors (Lipinski definition) is 12. The SMILES string of the molecule is O=C(CN(CCCSOOO)c1ccc2ccccc2c1)N/[N+](=C/c1cc(Br)c(O)c(Br)c1O)CCCSOOO. The van der Waals surface area contributed by atoms with Crippen LogP contribution in [0.4, 0.5) is 5.69 Å². The molecule has 0 fully saturated rings. The Morgan fingerprint density at radius 3 is 2.34 bits per heavy atom. The minimum Gasteiger partial charge on any atom is -0.506 e. The molecule has 0 radical (unpaired) electrons. The number of halogens is 2. The van der Waals surface area contributed by atoms with E-state index in [1.54, 1.807) is 6.21 Å². The fraction of sp³-hybridized carbons (Fsp3) is 0.280. The molecular weight excluding hydrogens is 710 g/mol. The van der Waals surface area contributed by atoms with Crippen LogP contribution in [0, 0.1) is 0 Å². The zero-order valence-electron chi connectivity index (χ0n) is 21.4. The fourth-order valence-corrected chi connectivity index (χ4v) is 5.67. The van der Waals surface area contributed by atoms with Gasteiger partial charge in [-0.15, -0.1) is 18.8 Å². The van der Waals surface area contributed by atoms with E-state index >= 15 is 0 Å². The molecule has 0 aliphatic heterocycles. The predicted octanol–water partition coefficient (Wildman–Crippen LogP) is 5.66. The Balaban J connectivity index is 1.81. The molecule has 0 aromatic heterocycles. The van der Waals surface area contributed by atoms with Gasteiger partial charge in [0.25, 0.3) is 5.91 Å². The monoisotopic (exact) mass is 736 g/mol. The largest absolute Gasteiger partial charge is 0.506 e. The molecule has 0 heterocycles. The van der Waals surface area contributed by atoms with Crippen molar-refractivity contribution in [1.29, 1.82) is 0 Å². The van der Waals surface area contributed by atoms with Gasteiger partial charge in [0.05, 0.1) is 10.0 Å². The first-order valence-corrected chi connectivity index (χ1v) is 15.5. The smallest absolute Gasteiger partial charge is 0.293 e. The number of hydrazine groups is 1. The van der Waals surface area contributed by atoms with Crippen LogP contribution in [0.15, 0.2) is 57.5 Å². The number of rotatable bonds is 17. The second kappa shape index (κ2) is 17.7. The van der Waals surface area contributed by atoms with Crippen LogP contribution in [-0.2, 0) is 23.5 Å². The molecule has 1 amide bonds. The summed E-state index contributed by atoms with van der Waals surface area (Å²) in [6.07, 6.45) is 2.67. The lowest BCUT2D eigenvalue weighted by atomic mass is 10.1. The third-order valence-corrected chi connectivity index (χ3v) is 8.21. The Labute approximate surface area is 261 Å². The number of hydrazone groups is 1. The van der Waals surface area contributed by atoms with E-state index in [0.29, 0.717) is 47.5 Å². The van der Waals surface area contributed by atoms with Gasteiger partial charge < -0.3 is 15.1 Å². The van der Waals surface area contributed by atoms with Crippen molar-refractivity contribution >= 4 is 84.5 Å². The highest BCUT2D eigenvalue weighted by atomic mass is 79.9. The lowest BCUT2D eigenvalue weighted by molar-refractivity contribution is -0.569. The van der Waals surface area contributed by atoms with Gasteiger partial charge in [0, 0.05) is 54.2 Å². The molecule has 41 heavy (non-hydrogen) atoms. The molecule has 16 heteroatoms. The second-order valence-corrected chi connectivity index (χ2v) is 11.6. The number of benzene rings is 3. The summed E-state index contributed by atoms with van der Waals surface area (Å²) in [4.78, 5) is 15.3. The van der Waals surface area contributed by atoms with E-state index < -0.39 is 0 Å². The van der Waals surface area contributed by atoms with Crippen LogP contribution < -0.4 is 10.3 Å². The number of anilines is 1. The van der Waals surface area contributed by atoms with E-state index in [9.17, 15) is 15.0 Å². The first kappa shape index (κ1) is 33.4. The molecule has 0 saturated heterocycles. The number of phenolic OH excluding ortho intramolecular Hbond substituents is 2. The molecule has 3 aromatic carbocycles. The van der Waals surface area contributed by atoms with Crippen molar-refractivity contribution in [2.45, 2.75) is 12.8 Å². The summed E-state index contributed by atoms with van der Waals surface area (Å²) in [5.74, 6) is 0.244. The normalized spacial score (nSPS) is 11.7. The molecule has 0 bridgehead atoms. The van der Waals surface area contributed by atoms with E-state index in [4.69, 9.17) is 10.5 Å². The maximum absolute atomic E-state index is 13.3. The molecule has 5 N–H and O–H groups in total. The quantitative estimate of drug-likeness (QED) is 0.0290. The van der Waals surface area contributed by atoms with Gasteiger partial charge in [-0.1, -0.05) is 40.4 Å². The highest BCUT2D eigenvalue weighted by molar-refractivity contribution is 9.11. The van der Waals surface area contributed by atoms with Gasteiger partial charge in [-0.25, -0.2) is 10.5 Å². The number of phenols is 2. The van der Waals surface area contributed by atoms with Crippen LogP contribution in [-0.4, -0.2) is 68.7 Å². The van der Waals surface area contributed by atoms with Crippen LogP contribution >= 0.6 is 55.9 Å². The average molecular weight is 738 g/mol. The maximum atomic E-state index is 13.3. The van der Waals surface area contributed by atoms with Crippen LogP contribution in [0.25, 0.3) is 10.8 Å². The Bertz CT molecular complexity index is 1340. The third kappa shape index (κ3) is 10.6. The van der Waals surface area contributed by atoms with Crippen molar-refractivity contribution in [3.05, 3.63) is 63.0 Å². The Morgan fingerprint density at radius 1 is 0.951 bits per heavy atom. The van der Waals surface area contributed by atoms with Gasteiger partial charge in [0.15, 0.2) is 6.54 Å². The number of amides is 1. The predicted molar refractivity (Wildman–Crippen MR) is 164 cm³/mol. The van der Waals surface area contributed by atoms with Gasteiger partial charge in [-0.05, 0) is 67.3 Å². The first-order valence-electron chi connectivity index (χ1n) is 12.1. The number of nitrogens with zero attached hydrogens (tertiary/aromatic N) is 2. The standard InChI is InChI=1S/C25H27Br2N3O9S2/c26-21-14-19(24(32)23(27)25(21)33)15-30(10-4-12-41-39-37-35)28-22(31)16-29(9-3-11-40-38-36-34)20-8-7-17-5-1-2-6-18(17)13-20/h1-2,5-8,13-15H,3-4,9-12,16H2,(H4,28,31,32,33,34,35)/p+1. The molecule has 222 valence electrons. The lowest BCUT2D eigenvalue weighted by Gasteiger charge is -2.24. The molecule has 0 aliphatic rings. The summed E-state index contributed by atoms with van der Waals surface area (Å²) in [6, 6.07) is 15.4. The van der Waals surface area contributed by atoms with Crippen LogP contribution in [0.2, 0.25) is 0 Å². The van der Waals surface area contributed by atoms with Crippen molar-refractivity contribution in [2.75, 3.05) is 36.0 Å². The van der Waals surface area contributed by atoms with Crippen LogP contribution in [0.3, 0.4) is 0 Å². The van der Waals surface area contributed by atoms with Gasteiger partial charge in [-0.2, -0.15) is 0 Å². The lowest BCUT2D eigenvalue weighted by Crippen LogP contribution is -2.43. The number of hydrogen-bond donors (Lipinski definition) is 5. The molecular formula is C25H28Br2N3O9S2+. The summed E-state index contributed by atoms with van der Waals surface area (Å²) < 4.78 is 10.8. The van der Waals surface area contributed by atoms with E-state index in [1.165, 1.54) is 10.8 Å². The Morgan fingerprint density at radius 2 is 1.63 bits per heavy atom. The minimum absolute atomic E-state index is 0.00979. The van der Waals surface area contributed by atoms with Crippen molar-refractivity contribution in [3.8, 4) is 11.5 Å². The molecule has 0 aliphatic carbocycles. The van der Waals surface area contributed by atoms with E-state index in [-0.39, 0.29) is 28.4 Å². The molecule has 0 unspecified atom stereocenters. The molecule has 12 nitrogen and oxygen atoms in total. The van der Waals surface area contributed by atoms with Crippen LogP contribution in [0.1, 0.15) is 18.4 Å². The first-order chi connectivity index (χ1) is 19.8. The summed E-state index contributed by atoms with van der Waals surface area (Å²) in [5.41, 5.74) is 4.04. The highest BCUT2D eigenvalue weighted by Gasteiger charge is 2.20. The van der Waals surface area contributed by atoms with Gasteiger partial charge in [0.2, 0.25) is 6.21 Å². The van der Waals surface area contributed by atoms with Gasteiger partial charge in [0.1, 0.15) is 22.5 Å². The molecule has 3 aromatic rings. The Kier molecular flexibility index (Phi) is 14.5. The number of carbonyl (C=O) groups is 1. The molecule has 0 saturated carbocycles. The zero-order valence-corrected chi connectivity index (χ0v) is 26.2. The topological polar surface area (TPSA) is 153 Å². The molecule has 0 spiro atoms. The third-order valence-electron chi connectivity index (χ3n) is 5.63. The summed E-state index contributed by atoms with van der Waals surface area (Å²) >= 11 is 8.25. The molecule has 3 rings (SSSR count). The van der Waals surface area contributed by atoms with Crippen molar-refractivity contribution in [2.24, 2.45) is 0 Å². The fourth-order valence-electron chi connectivity index (χ4n) is 3.80. The van der Waals surface area contributed by atoms with Crippen molar-refractivity contribution in [1.82, 2.24) is 5.43 Å². The van der Waals surface area contributed by atoms with E-state index in [0.717, 1.165) is 40.5 Å². The molecule has 0 atom stereocenters. The Hall–Kier alpha value is -2.12. The summed E-state index contributed by atoms with van der Waals surface area (Å²) in [6.45, 7) is 0.828. The summed E-state index contributed by atoms with van der Waals surface area (Å²) in [7, 11) is 0. The van der Waals surface area contributed by atoms with Gasteiger partial charge in [-0.3, -0.25) is 4.79 Å². The summed E-state index contributed by atoms with van der Waals surface area (Å²) in [5, 5.41) is 46.6. The van der Waals surface area contributed by atoms with E-state index in [2.05, 4.69) is 56.0 Å². The minimum atomic E-state index is -0.323. The average Bonchev–Trinajstić information content (AvgIpc) is 2.97. The highest BCUT2D eigenvalue weighted by Crippen LogP contribution is 2.40. The van der Waals surface area contributed by atoms with Crippen LogP contribution in [0.5, 0.6) is 11.5 Å². The van der Waals surface area contributed by atoms with Gasteiger partial charge >= 0.3 is 0 Å². The zero-order chi connectivity index (χ0) is 29.6.